The van der Waals surface area contributed by atoms with Gasteiger partial charge in [0.15, 0.2) is 0 Å². The third kappa shape index (κ3) is 4.50. The van der Waals surface area contributed by atoms with Crippen LogP contribution in [0.15, 0.2) is 12.1 Å². The standard InChI is InChI=1S/C9H8BF3IO2.K/c1-5-7(9(15)16-2)3-6(14)4-8(5)10(11,12)13;/h3-4H,1-2H3;/q-1;+1. The summed E-state index contributed by atoms with van der Waals surface area (Å²) in [5.74, 6) is -0.752. The van der Waals surface area contributed by atoms with Crippen molar-refractivity contribution in [3.8, 4) is 0 Å². The van der Waals surface area contributed by atoms with E-state index in [2.05, 4.69) is 4.74 Å². The molecule has 0 atom stereocenters. The first-order valence-corrected chi connectivity index (χ1v) is 5.43. The number of methoxy groups -OCH3 is 1. The molecule has 1 rings (SSSR count). The molecule has 0 radical (unpaired) electrons. The topological polar surface area (TPSA) is 26.3 Å². The van der Waals surface area contributed by atoms with E-state index in [9.17, 15) is 17.7 Å². The Morgan fingerprint density at radius 2 is 1.88 bits per heavy atom. The molecule has 0 amide bonds. The first kappa shape index (κ1) is 17.9. The fraction of sp³-hybridized carbons (Fsp3) is 0.222. The second kappa shape index (κ2) is 6.90. The molecular formula is C9H8BF3IKO2. The fourth-order valence-corrected chi connectivity index (χ4v) is 2.01. The molecule has 2 nitrogen and oxygen atoms in total. The second-order valence-corrected chi connectivity index (χ2v) is 4.48. The van der Waals surface area contributed by atoms with Crippen LogP contribution in [0.4, 0.5) is 12.9 Å². The summed E-state index contributed by atoms with van der Waals surface area (Å²) in [5, 5.41) is 0. The number of carbonyl (C=O) groups is 1. The zero-order valence-electron chi connectivity index (χ0n) is 9.56. The van der Waals surface area contributed by atoms with E-state index in [0.29, 0.717) is 3.57 Å². The first-order chi connectivity index (χ1) is 7.27. The van der Waals surface area contributed by atoms with Crippen molar-refractivity contribution in [3.63, 3.8) is 0 Å². The van der Waals surface area contributed by atoms with Crippen LogP contribution >= 0.6 is 22.6 Å². The Labute approximate surface area is 153 Å². The largest absolute Gasteiger partial charge is 1.00 e. The quantitative estimate of drug-likeness (QED) is 0.390. The molecule has 1 aromatic rings. The van der Waals surface area contributed by atoms with E-state index in [4.69, 9.17) is 0 Å². The van der Waals surface area contributed by atoms with E-state index in [-0.39, 0.29) is 62.5 Å². The first-order valence-electron chi connectivity index (χ1n) is 4.35. The molecule has 8 heteroatoms. The molecule has 0 fully saturated rings. The van der Waals surface area contributed by atoms with Gasteiger partial charge < -0.3 is 17.7 Å². The van der Waals surface area contributed by atoms with Gasteiger partial charge in [0, 0.05) is 3.57 Å². The van der Waals surface area contributed by atoms with Crippen molar-refractivity contribution in [3.05, 3.63) is 26.8 Å². The van der Waals surface area contributed by atoms with Gasteiger partial charge in [-0.05, 0) is 35.6 Å². The molecule has 0 aliphatic heterocycles. The number of rotatable bonds is 2. The summed E-state index contributed by atoms with van der Waals surface area (Å²) >= 11 is 1.74. The van der Waals surface area contributed by atoms with Gasteiger partial charge >= 0.3 is 64.3 Å². The number of benzene rings is 1. The maximum Gasteiger partial charge on any atom is 1.00 e. The fourth-order valence-electron chi connectivity index (χ4n) is 1.36. The van der Waals surface area contributed by atoms with Gasteiger partial charge in [0.2, 0.25) is 0 Å². The predicted octanol–water partition coefficient (Wildman–Crippen LogP) is -0.555. The number of ether oxygens (including phenoxy) is 1. The molecule has 0 aliphatic carbocycles. The Hall–Kier alpha value is 0.911. The third-order valence-corrected chi connectivity index (χ3v) is 2.79. The molecule has 0 aromatic heterocycles. The zero-order valence-corrected chi connectivity index (χ0v) is 14.8. The van der Waals surface area contributed by atoms with Gasteiger partial charge in [-0.2, -0.15) is 0 Å². The maximum atomic E-state index is 12.7. The smallest absolute Gasteiger partial charge is 0.465 e. The summed E-state index contributed by atoms with van der Waals surface area (Å²) < 4.78 is 42.8. The number of carbonyl (C=O) groups excluding carboxylic acids is 1. The normalized spacial score (nSPS) is 10.7. The summed E-state index contributed by atoms with van der Waals surface area (Å²) in [6.45, 7) is -3.84. The van der Waals surface area contributed by atoms with Crippen LogP contribution in [0.25, 0.3) is 0 Å². The van der Waals surface area contributed by atoms with E-state index in [1.54, 1.807) is 22.6 Å². The van der Waals surface area contributed by atoms with Gasteiger partial charge in [-0.1, -0.05) is 11.6 Å². The Bertz CT molecular complexity index is 437. The average molecular weight is 382 g/mol. The van der Waals surface area contributed by atoms with Gasteiger partial charge in [-0.15, -0.1) is 5.46 Å². The molecule has 88 valence electrons. The van der Waals surface area contributed by atoms with Crippen LogP contribution in [0, 0.1) is 10.5 Å². The molecule has 0 N–H and O–H groups in total. The maximum absolute atomic E-state index is 12.7. The van der Waals surface area contributed by atoms with Crippen molar-refractivity contribution >= 4 is 41.0 Å². The average Bonchev–Trinajstić information content (AvgIpc) is 2.18. The summed E-state index contributed by atoms with van der Waals surface area (Å²) in [4.78, 5) is 11.3. The summed E-state index contributed by atoms with van der Waals surface area (Å²) in [5.41, 5.74) is -0.865. The predicted molar refractivity (Wildman–Crippen MR) is 63.9 cm³/mol. The van der Waals surface area contributed by atoms with Crippen molar-refractivity contribution in [1.82, 2.24) is 0 Å². The summed E-state index contributed by atoms with van der Waals surface area (Å²) in [7, 11) is 1.14. The third-order valence-electron chi connectivity index (χ3n) is 2.17. The Morgan fingerprint density at radius 3 is 2.29 bits per heavy atom. The molecule has 0 spiro atoms. The van der Waals surface area contributed by atoms with E-state index in [1.807, 2.05) is 0 Å². The van der Waals surface area contributed by atoms with Crippen molar-refractivity contribution in [1.29, 1.82) is 0 Å². The van der Waals surface area contributed by atoms with E-state index >= 15 is 0 Å². The summed E-state index contributed by atoms with van der Waals surface area (Å²) in [6, 6.07) is 2.41. The van der Waals surface area contributed by atoms with Gasteiger partial charge in [-0.3, -0.25) is 0 Å². The molecule has 0 heterocycles. The van der Waals surface area contributed by atoms with Crippen molar-refractivity contribution in [2.75, 3.05) is 7.11 Å². The van der Waals surface area contributed by atoms with Crippen LogP contribution in [0.2, 0.25) is 0 Å². The number of hydrogen-bond acceptors (Lipinski definition) is 2. The van der Waals surface area contributed by atoms with Gasteiger partial charge in [0.05, 0.1) is 12.7 Å². The Balaban J connectivity index is 0.00000256. The van der Waals surface area contributed by atoms with Crippen LogP contribution in [-0.4, -0.2) is 20.1 Å². The summed E-state index contributed by atoms with van der Waals surface area (Å²) in [6.07, 6.45) is 0. The van der Waals surface area contributed by atoms with Crippen molar-refractivity contribution in [2.45, 2.75) is 6.92 Å². The minimum Gasteiger partial charge on any atom is -0.465 e. The van der Waals surface area contributed by atoms with Gasteiger partial charge in [-0.25, -0.2) is 4.79 Å². The van der Waals surface area contributed by atoms with E-state index in [0.717, 1.165) is 13.2 Å². The number of halogens is 4. The second-order valence-electron chi connectivity index (χ2n) is 3.23. The SMILES string of the molecule is COC(=O)c1cc(I)cc([B-](F)(F)F)c1C.[K+]. The van der Waals surface area contributed by atoms with Crippen LogP contribution < -0.4 is 56.8 Å². The molecule has 0 bridgehead atoms. The zero-order chi connectivity index (χ0) is 12.5. The molecule has 0 saturated heterocycles. The van der Waals surface area contributed by atoms with E-state index < -0.39 is 18.4 Å². The number of hydrogen-bond donors (Lipinski definition) is 0. The molecule has 0 saturated carbocycles. The van der Waals surface area contributed by atoms with Crippen LogP contribution in [-0.2, 0) is 4.74 Å². The van der Waals surface area contributed by atoms with Crippen LogP contribution in [0.3, 0.4) is 0 Å². The monoisotopic (exact) mass is 382 g/mol. The van der Waals surface area contributed by atoms with Crippen molar-refractivity contribution in [2.24, 2.45) is 0 Å². The van der Waals surface area contributed by atoms with E-state index in [1.165, 1.54) is 13.0 Å². The minimum absolute atomic E-state index is 0. The Kier molecular flexibility index (Phi) is 7.27. The van der Waals surface area contributed by atoms with Crippen LogP contribution in [0.1, 0.15) is 15.9 Å². The molecule has 0 aliphatic rings. The van der Waals surface area contributed by atoms with Crippen LogP contribution in [0.5, 0.6) is 0 Å². The molecule has 1 aromatic carbocycles. The van der Waals surface area contributed by atoms with Gasteiger partial charge in [0.1, 0.15) is 0 Å². The molecular weight excluding hydrogens is 374 g/mol. The van der Waals surface area contributed by atoms with Gasteiger partial charge in [0.25, 0.3) is 0 Å². The molecule has 0 unspecified atom stereocenters. The number of esters is 1. The van der Waals surface area contributed by atoms with Crippen molar-refractivity contribution < 1.29 is 73.9 Å². The Morgan fingerprint density at radius 1 is 1.35 bits per heavy atom. The minimum atomic E-state index is -5.12. The molecule has 17 heavy (non-hydrogen) atoms.